The molecule has 2 aliphatic heterocycles. The summed E-state index contributed by atoms with van der Waals surface area (Å²) in [6.45, 7) is -0.442. The van der Waals surface area contributed by atoms with Crippen LogP contribution < -0.4 is 0 Å². The number of oxime groups is 1. The summed E-state index contributed by atoms with van der Waals surface area (Å²) in [7, 11) is 0. The van der Waals surface area contributed by atoms with Gasteiger partial charge in [0.2, 0.25) is 6.61 Å². The molecule has 2 aromatic rings. The van der Waals surface area contributed by atoms with Crippen molar-refractivity contribution in [2.75, 3.05) is 6.61 Å². The third kappa shape index (κ3) is 4.23. The van der Waals surface area contributed by atoms with E-state index in [1.165, 1.54) is 57.8 Å². The molecule has 0 spiro atoms. The largest absolute Gasteiger partial charge is 0.479 e. The molecule has 4 bridgehead atoms. The maximum Gasteiger partial charge on any atom is 0.344 e. The van der Waals surface area contributed by atoms with Gasteiger partial charge in [0.05, 0.1) is 11.0 Å². The molecule has 0 radical (unpaired) electrons. The Morgan fingerprint density at radius 2 is 1.68 bits per heavy atom. The standard InChI is InChI=1S/C27H36N4O3/c32-27(33)17-34-28-16-26-29-24-9-1-2-10-25(24)31(26)23-14-20-7-4-8-21(15-23)30(20)22-12-18-5-3-6-19(11-18)13-22/h1-2,9-10,16,18-23H,3-8,11-15,17H2,(H,32,33)/b28-16+/t18-,19+,20-,21+,22+,23?. The van der Waals surface area contributed by atoms with Gasteiger partial charge < -0.3 is 14.5 Å². The number of para-hydroxylation sites is 2. The summed E-state index contributed by atoms with van der Waals surface area (Å²) in [6.07, 6.45) is 16.5. The summed E-state index contributed by atoms with van der Waals surface area (Å²) in [6, 6.07) is 10.7. The lowest BCUT2D eigenvalue weighted by atomic mass is 9.68. The van der Waals surface area contributed by atoms with Crippen LogP contribution in [-0.4, -0.2) is 56.5 Å². The number of nitrogens with zero attached hydrogens (tertiary/aromatic N) is 4. The maximum absolute atomic E-state index is 10.8. The number of hydrogen-bond donors (Lipinski definition) is 1. The molecular formula is C27H36N4O3. The molecule has 7 heteroatoms. The van der Waals surface area contributed by atoms with Crippen LogP contribution >= 0.6 is 0 Å². The summed E-state index contributed by atoms with van der Waals surface area (Å²) in [5.74, 6) is 1.65. The zero-order chi connectivity index (χ0) is 23.1. The molecule has 0 amide bonds. The molecule has 2 saturated carbocycles. The average Bonchev–Trinajstić information content (AvgIpc) is 3.19. The van der Waals surface area contributed by atoms with Crippen molar-refractivity contribution in [2.45, 2.75) is 94.8 Å². The summed E-state index contributed by atoms with van der Waals surface area (Å²) >= 11 is 0. The van der Waals surface area contributed by atoms with E-state index in [0.29, 0.717) is 18.1 Å². The van der Waals surface area contributed by atoms with Crippen LogP contribution in [0.3, 0.4) is 0 Å². The van der Waals surface area contributed by atoms with E-state index in [2.05, 4.69) is 26.8 Å². The Labute approximate surface area is 201 Å². The van der Waals surface area contributed by atoms with Crippen LogP contribution in [0, 0.1) is 11.8 Å². The van der Waals surface area contributed by atoms with Crippen molar-refractivity contribution in [3.05, 3.63) is 30.1 Å². The number of aliphatic carboxylic acids is 1. The smallest absolute Gasteiger partial charge is 0.344 e. The number of carboxylic acid groups (broad SMARTS) is 1. The molecule has 182 valence electrons. The van der Waals surface area contributed by atoms with Crippen molar-refractivity contribution in [2.24, 2.45) is 17.0 Å². The second-order valence-electron chi connectivity index (χ2n) is 11.1. The number of fused-ring (bicyclic) bond motifs is 5. The second kappa shape index (κ2) is 9.33. The van der Waals surface area contributed by atoms with Crippen molar-refractivity contribution in [1.82, 2.24) is 14.5 Å². The van der Waals surface area contributed by atoms with Gasteiger partial charge in [0.1, 0.15) is 6.21 Å². The van der Waals surface area contributed by atoms with Crippen LogP contribution in [0.2, 0.25) is 0 Å². The van der Waals surface area contributed by atoms with Crippen LogP contribution in [0.5, 0.6) is 0 Å². The van der Waals surface area contributed by atoms with E-state index in [-0.39, 0.29) is 0 Å². The van der Waals surface area contributed by atoms with Gasteiger partial charge in [-0.15, -0.1) is 0 Å². The molecule has 1 N–H and O–H groups in total. The van der Waals surface area contributed by atoms with Crippen molar-refractivity contribution >= 4 is 23.2 Å². The Kier molecular flexibility index (Phi) is 6.06. The van der Waals surface area contributed by atoms with E-state index in [1.54, 1.807) is 6.21 Å². The predicted octanol–water partition coefficient (Wildman–Crippen LogP) is 5.00. The lowest BCUT2D eigenvalue weighted by Crippen LogP contribution is -2.58. The quantitative estimate of drug-likeness (QED) is 0.481. The first-order valence-corrected chi connectivity index (χ1v) is 13.3. The zero-order valence-corrected chi connectivity index (χ0v) is 19.9. The molecule has 6 atom stereocenters. The summed E-state index contributed by atoms with van der Waals surface area (Å²) < 4.78 is 2.35. The molecule has 7 nitrogen and oxygen atoms in total. The number of hydrogen-bond acceptors (Lipinski definition) is 5. The van der Waals surface area contributed by atoms with Gasteiger partial charge in [-0.25, -0.2) is 9.78 Å². The van der Waals surface area contributed by atoms with E-state index in [4.69, 9.17) is 14.9 Å². The Balaban J connectivity index is 1.26. The first-order chi connectivity index (χ1) is 16.7. The fraction of sp³-hybridized carbons (Fsp3) is 0.667. The molecule has 6 rings (SSSR count). The monoisotopic (exact) mass is 464 g/mol. The fourth-order valence-corrected chi connectivity index (χ4v) is 7.85. The van der Waals surface area contributed by atoms with Gasteiger partial charge in [0, 0.05) is 24.2 Å². The van der Waals surface area contributed by atoms with Crippen LogP contribution in [0.15, 0.2) is 29.4 Å². The molecule has 2 aliphatic carbocycles. The zero-order valence-electron chi connectivity index (χ0n) is 19.9. The van der Waals surface area contributed by atoms with Gasteiger partial charge in [-0.2, -0.15) is 0 Å². The van der Waals surface area contributed by atoms with E-state index < -0.39 is 12.6 Å². The van der Waals surface area contributed by atoms with E-state index in [1.807, 2.05) is 12.1 Å². The molecule has 34 heavy (non-hydrogen) atoms. The molecular weight excluding hydrogens is 428 g/mol. The highest BCUT2D eigenvalue weighted by Crippen LogP contribution is 2.47. The van der Waals surface area contributed by atoms with Gasteiger partial charge in [-0.1, -0.05) is 43.0 Å². The number of piperidine rings is 2. The highest BCUT2D eigenvalue weighted by Gasteiger charge is 2.45. The fourth-order valence-electron chi connectivity index (χ4n) is 7.85. The molecule has 2 saturated heterocycles. The lowest BCUT2D eigenvalue weighted by molar-refractivity contribution is -0.142. The van der Waals surface area contributed by atoms with Crippen LogP contribution in [-0.2, 0) is 9.63 Å². The first kappa shape index (κ1) is 22.1. The topological polar surface area (TPSA) is 80.0 Å². The normalized spacial score (nSPS) is 33.9. The third-order valence-corrected chi connectivity index (χ3v) is 8.95. The number of rotatable bonds is 6. The van der Waals surface area contributed by atoms with E-state index >= 15 is 0 Å². The number of carbonyl (C=O) groups is 1. The molecule has 1 aromatic carbocycles. The number of imidazole rings is 1. The minimum Gasteiger partial charge on any atom is -0.479 e. The molecule has 3 heterocycles. The maximum atomic E-state index is 10.8. The van der Waals surface area contributed by atoms with Crippen molar-refractivity contribution < 1.29 is 14.7 Å². The predicted molar refractivity (Wildman–Crippen MR) is 131 cm³/mol. The summed E-state index contributed by atoms with van der Waals surface area (Å²) in [5, 5.41) is 12.8. The van der Waals surface area contributed by atoms with Gasteiger partial charge in [0.15, 0.2) is 5.82 Å². The van der Waals surface area contributed by atoms with Crippen molar-refractivity contribution in [3.63, 3.8) is 0 Å². The molecule has 1 aromatic heterocycles. The number of carboxylic acids is 1. The van der Waals surface area contributed by atoms with Gasteiger partial charge in [-0.05, 0) is 68.9 Å². The first-order valence-electron chi connectivity index (χ1n) is 13.3. The Morgan fingerprint density at radius 3 is 2.41 bits per heavy atom. The van der Waals surface area contributed by atoms with Gasteiger partial charge in [0.25, 0.3) is 0 Å². The van der Waals surface area contributed by atoms with Gasteiger partial charge >= 0.3 is 5.97 Å². The van der Waals surface area contributed by atoms with Crippen LogP contribution in [0.1, 0.15) is 82.5 Å². The average molecular weight is 465 g/mol. The minimum atomic E-state index is -1.03. The highest BCUT2D eigenvalue weighted by atomic mass is 16.6. The Morgan fingerprint density at radius 1 is 0.971 bits per heavy atom. The SMILES string of the molecule is O=C(O)CO/N=C/c1nc2ccccc2n1C1C[C@H]2CCC[C@@H](C1)N2[C@H]1C[C@@H]2CCC[C@@H](C2)C1. The highest BCUT2D eigenvalue weighted by molar-refractivity contribution is 5.85. The number of benzene rings is 1. The van der Waals surface area contributed by atoms with Crippen molar-refractivity contribution in [3.8, 4) is 0 Å². The Bertz CT molecular complexity index is 1040. The minimum absolute atomic E-state index is 0.378. The Hall–Kier alpha value is -2.41. The van der Waals surface area contributed by atoms with Gasteiger partial charge in [-0.3, -0.25) is 4.90 Å². The third-order valence-electron chi connectivity index (χ3n) is 8.95. The summed E-state index contributed by atoms with van der Waals surface area (Å²) in [4.78, 5) is 23.5. The molecule has 4 aliphatic rings. The number of aromatic nitrogens is 2. The molecule has 1 unspecified atom stereocenters. The van der Waals surface area contributed by atoms with Crippen molar-refractivity contribution in [1.29, 1.82) is 0 Å². The lowest BCUT2D eigenvalue weighted by Gasteiger charge is -2.55. The summed E-state index contributed by atoms with van der Waals surface area (Å²) in [5.41, 5.74) is 2.08. The van der Waals surface area contributed by atoms with Crippen LogP contribution in [0.4, 0.5) is 0 Å². The second-order valence-corrected chi connectivity index (χ2v) is 11.1. The van der Waals surface area contributed by atoms with E-state index in [0.717, 1.165) is 47.6 Å². The van der Waals surface area contributed by atoms with E-state index in [9.17, 15) is 4.79 Å². The van der Waals surface area contributed by atoms with Crippen LogP contribution in [0.25, 0.3) is 11.0 Å². The molecule has 4 fully saturated rings.